The predicted molar refractivity (Wildman–Crippen MR) is 90.9 cm³/mol. The Kier molecular flexibility index (Phi) is 4.31. The molecule has 1 heterocycles. The van der Waals surface area contributed by atoms with Crippen LogP contribution in [-0.2, 0) is 28.8 Å². The van der Waals surface area contributed by atoms with Gasteiger partial charge in [-0.05, 0) is 43.5 Å². The minimum Gasteiger partial charge on any atom is -0.460 e. The number of carbonyl (C=O) groups is 1. The van der Waals surface area contributed by atoms with Gasteiger partial charge in [0, 0.05) is 23.4 Å². The number of hydrogen-bond acceptors (Lipinski definition) is 3. The molecule has 0 fully saturated rings. The Morgan fingerprint density at radius 2 is 2.08 bits per heavy atom. The second kappa shape index (κ2) is 6.27. The molecule has 0 amide bonds. The smallest absolute Gasteiger partial charge is 0.310 e. The van der Waals surface area contributed by atoms with E-state index in [9.17, 15) is 9.18 Å². The van der Waals surface area contributed by atoms with E-state index in [2.05, 4.69) is 17.5 Å². The van der Waals surface area contributed by atoms with Crippen molar-refractivity contribution >= 4 is 5.97 Å². The first kappa shape index (κ1) is 16.5. The second-order valence-corrected chi connectivity index (χ2v) is 7.06. The number of aromatic nitrogens is 1. The molecule has 124 valence electrons. The van der Waals surface area contributed by atoms with Gasteiger partial charge in [0.1, 0.15) is 18.4 Å². The molecule has 24 heavy (non-hydrogen) atoms. The highest BCUT2D eigenvalue weighted by molar-refractivity contribution is 5.80. The molecule has 3 rings (SSSR count). The lowest BCUT2D eigenvalue weighted by molar-refractivity contribution is -0.153. The monoisotopic (exact) mass is 326 g/mol. The van der Waals surface area contributed by atoms with Crippen LogP contribution in [0.15, 0.2) is 30.5 Å². The summed E-state index contributed by atoms with van der Waals surface area (Å²) in [7, 11) is 0. The summed E-state index contributed by atoms with van der Waals surface area (Å²) < 4.78 is 19.0. The fourth-order valence-electron chi connectivity index (χ4n) is 3.12. The molecule has 0 radical (unpaired) electrons. The number of esters is 1. The van der Waals surface area contributed by atoms with Gasteiger partial charge in [-0.25, -0.2) is 4.98 Å². The lowest BCUT2D eigenvalue weighted by Gasteiger charge is -2.21. The quantitative estimate of drug-likeness (QED) is 0.485. The summed E-state index contributed by atoms with van der Waals surface area (Å²) in [5, 5.41) is 0. The molecule has 0 N–H and O–H groups in total. The van der Waals surface area contributed by atoms with E-state index in [0.717, 1.165) is 35.1 Å². The molecule has 0 bridgehead atoms. The van der Waals surface area contributed by atoms with Crippen molar-refractivity contribution in [2.75, 3.05) is 0 Å². The van der Waals surface area contributed by atoms with Gasteiger partial charge in [-0.2, -0.15) is 4.39 Å². The van der Waals surface area contributed by atoms with E-state index in [1.807, 2.05) is 26.8 Å². The molecule has 3 nitrogen and oxygen atoms in total. The van der Waals surface area contributed by atoms with Gasteiger partial charge in [0.15, 0.2) is 0 Å². The van der Waals surface area contributed by atoms with Crippen LogP contribution in [0.1, 0.15) is 37.5 Å². The maximum absolute atomic E-state index is 13.5. The Balaban J connectivity index is 2.02. The normalized spacial score (nSPS) is 13.3. The van der Waals surface area contributed by atoms with E-state index >= 15 is 0 Å². The number of fused-ring (bicyclic) bond motifs is 1. The number of halogens is 1. The van der Waals surface area contributed by atoms with Crippen LogP contribution in [0.5, 0.6) is 0 Å². The van der Waals surface area contributed by atoms with Crippen LogP contribution in [0.25, 0.3) is 11.1 Å². The molecular formula is C20H21FNO2+. The van der Waals surface area contributed by atoms with Crippen molar-refractivity contribution in [2.24, 2.45) is 0 Å². The molecule has 0 saturated carbocycles. The zero-order valence-electron chi connectivity index (χ0n) is 14.2. The highest BCUT2D eigenvalue weighted by atomic mass is 19.1. The highest BCUT2D eigenvalue weighted by Crippen LogP contribution is 2.34. The number of ether oxygens (including phenoxy) is 1. The standard InChI is InChI=1S/C20H21FNO2/c1-20(2,3)24-19(23)12-17-15-6-4-5-13(15)7-8-16(17)14-9-10-22-18(21)11-14/h4,7-11H,5-6,12H2,1-3H3/q+1. The van der Waals surface area contributed by atoms with Crippen LogP contribution in [-0.4, -0.2) is 16.6 Å². The Bertz CT molecular complexity index is 778. The van der Waals surface area contributed by atoms with Crippen LogP contribution in [0.2, 0.25) is 0 Å². The molecule has 1 aliphatic rings. The first-order valence-electron chi connectivity index (χ1n) is 8.12. The van der Waals surface area contributed by atoms with Crippen LogP contribution >= 0.6 is 0 Å². The van der Waals surface area contributed by atoms with Crippen molar-refractivity contribution in [1.29, 1.82) is 0 Å². The lowest BCUT2D eigenvalue weighted by Crippen LogP contribution is -2.25. The average Bonchev–Trinajstić information content (AvgIpc) is 2.94. The summed E-state index contributed by atoms with van der Waals surface area (Å²) in [6, 6.07) is 7.19. The molecule has 1 aromatic heterocycles. The van der Waals surface area contributed by atoms with E-state index in [4.69, 9.17) is 4.74 Å². The van der Waals surface area contributed by atoms with E-state index in [-0.39, 0.29) is 12.4 Å². The first-order chi connectivity index (χ1) is 11.3. The van der Waals surface area contributed by atoms with Crippen molar-refractivity contribution in [1.82, 2.24) is 4.98 Å². The van der Waals surface area contributed by atoms with E-state index in [1.54, 1.807) is 6.07 Å². The SMILES string of the molecule is CC(C)(C)OC(=O)Cc1c(-c2ccnc(F)c2)ccc2c1C[CH+]C2. The molecule has 0 aliphatic heterocycles. The fourth-order valence-corrected chi connectivity index (χ4v) is 3.12. The van der Waals surface area contributed by atoms with Gasteiger partial charge in [0.05, 0.1) is 12.8 Å². The topological polar surface area (TPSA) is 39.2 Å². The maximum atomic E-state index is 13.5. The first-order valence-corrected chi connectivity index (χ1v) is 8.12. The third-order valence-corrected chi connectivity index (χ3v) is 4.02. The predicted octanol–water partition coefficient (Wildman–Crippen LogP) is 4.07. The zero-order valence-corrected chi connectivity index (χ0v) is 14.2. The number of carbonyl (C=O) groups excluding carboxylic acids is 1. The molecule has 0 saturated heterocycles. The third kappa shape index (κ3) is 3.58. The van der Waals surface area contributed by atoms with Crippen molar-refractivity contribution < 1.29 is 13.9 Å². The molecule has 1 aromatic carbocycles. The van der Waals surface area contributed by atoms with E-state index in [0.29, 0.717) is 0 Å². The largest absolute Gasteiger partial charge is 0.460 e. The highest BCUT2D eigenvalue weighted by Gasteiger charge is 2.27. The minimum atomic E-state index is -0.525. The van der Waals surface area contributed by atoms with Gasteiger partial charge in [-0.15, -0.1) is 0 Å². The number of hydrogen-bond donors (Lipinski definition) is 0. The zero-order chi connectivity index (χ0) is 17.3. The van der Waals surface area contributed by atoms with Gasteiger partial charge in [-0.3, -0.25) is 4.79 Å². The van der Waals surface area contributed by atoms with Gasteiger partial charge in [-0.1, -0.05) is 12.1 Å². The van der Waals surface area contributed by atoms with Crippen molar-refractivity contribution in [3.63, 3.8) is 0 Å². The van der Waals surface area contributed by atoms with Crippen LogP contribution < -0.4 is 0 Å². The Morgan fingerprint density at radius 3 is 2.79 bits per heavy atom. The van der Waals surface area contributed by atoms with Crippen molar-refractivity contribution in [3.8, 4) is 11.1 Å². The number of nitrogens with zero attached hydrogens (tertiary/aromatic N) is 1. The molecule has 0 spiro atoms. The number of benzene rings is 1. The van der Waals surface area contributed by atoms with Crippen molar-refractivity contribution in [3.05, 3.63) is 59.5 Å². The number of pyridine rings is 1. The van der Waals surface area contributed by atoms with Gasteiger partial charge < -0.3 is 4.74 Å². The molecule has 4 heteroatoms. The summed E-state index contributed by atoms with van der Waals surface area (Å²) in [5.41, 5.74) is 4.40. The van der Waals surface area contributed by atoms with E-state index in [1.165, 1.54) is 17.8 Å². The summed E-state index contributed by atoms with van der Waals surface area (Å²) in [4.78, 5) is 16.0. The van der Waals surface area contributed by atoms with Crippen molar-refractivity contribution in [2.45, 2.75) is 45.6 Å². The van der Waals surface area contributed by atoms with Crippen LogP contribution in [0.3, 0.4) is 0 Å². The maximum Gasteiger partial charge on any atom is 0.310 e. The molecule has 0 atom stereocenters. The Hall–Kier alpha value is -2.36. The summed E-state index contributed by atoms with van der Waals surface area (Å²) in [6.07, 6.45) is 5.56. The summed E-state index contributed by atoms with van der Waals surface area (Å²) >= 11 is 0. The van der Waals surface area contributed by atoms with E-state index < -0.39 is 11.5 Å². The van der Waals surface area contributed by atoms with Gasteiger partial charge >= 0.3 is 5.97 Å². The third-order valence-electron chi connectivity index (χ3n) is 4.02. The molecule has 1 aliphatic carbocycles. The summed E-state index contributed by atoms with van der Waals surface area (Å²) in [6.45, 7) is 5.56. The summed E-state index contributed by atoms with van der Waals surface area (Å²) in [5.74, 6) is -0.790. The molecule has 0 unspecified atom stereocenters. The lowest BCUT2D eigenvalue weighted by atomic mass is 9.91. The fraction of sp³-hybridized carbons (Fsp3) is 0.350. The average molecular weight is 326 g/mol. The number of rotatable bonds is 3. The van der Waals surface area contributed by atoms with Crippen LogP contribution in [0.4, 0.5) is 4.39 Å². The minimum absolute atomic E-state index is 0.188. The Morgan fingerprint density at radius 1 is 1.29 bits per heavy atom. The van der Waals surface area contributed by atoms with Gasteiger partial charge in [0.2, 0.25) is 5.95 Å². The second-order valence-electron chi connectivity index (χ2n) is 7.06. The molecular weight excluding hydrogens is 305 g/mol. The van der Waals surface area contributed by atoms with Crippen LogP contribution in [0, 0.1) is 12.4 Å². The van der Waals surface area contributed by atoms with Gasteiger partial charge in [0.25, 0.3) is 0 Å². The Labute approximate surface area is 141 Å². The molecule has 2 aromatic rings.